The van der Waals surface area contributed by atoms with Crippen LogP contribution in [-0.2, 0) is 10.0 Å². The molecule has 0 aliphatic heterocycles. The Morgan fingerprint density at radius 1 is 1.30 bits per heavy atom. The van der Waals surface area contributed by atoms with Gasteiger partial charge in [-0.3, -0.25) is 4.72 Å². The second-order valence-corrected chi connectivity index (χ2v) is 7.65. The summed E-state index contributed by atoms with van der Waals surface area (Å²) >= 11 is 12.5. The van der Waals surface area contributed by atoms with Crippen LogP contribution in [0, 0.1) is 11.3 Å². The lowest BCUT2D eigenvalue weighted by Crippen LogP contribution is -2.13. The smallest absolute Gasteiger partial charge is 0.264 e. The molecule has 2 aromatic rings. The van der Waals surface area contributed by atoms with E-state index in [4.69, 9.17) is 34.2 Å². The highest BCUT2D eigenvalue weighted by atomic mass is 35.5. The van der Waals surface area contributed by atoms with Crippen LogP contribution in [0.25, 0.3) is 0 Å². The van der Waals surface area contributed by atoms with E-state index in [-0.39, 0.29) is 24.8 Å². The third kappa shape index (κ3) is 2.99. The topological polar surface area (TPSA) is 96.0 Å². The molecular formula is C11H7Cl2N3O2S2. The van der Waals surface area contributed by atoms with E-state index in [1.807, 2.05) is 6.07 Å². The molecule has 0 aliphatic rings. The largest absolute Gasteiger partial charge is 0.399 e. The number of nitrogens with zero attached hydrogens (tertiary/aromatic N) is 1. The normalized spacial score (nSPS) is 11.1. The molecule has 1 heterocycles. The summed E-state index contributed by atoms with van der Waals surface area (Å²) < 4.78 is 27.0. The van der Waals surface area contributed by atoms with Crippen molar-refractivity contribution >= 4 is 55.9 Å². The number of nitrogens with two attached hydrogens (primary N) is 1. The lowest BCUT2D eigenvalue weighted by molar-refractivity contribution is 0.601. The van der Waals surface area contributed by atoms with Crippen LogP contribution in [0.1, 0.15) is 5.56 Å². The number of nitriles is 1. The lowest BCUT2D eigenvalue weighted by atomic mass is 10.2. The number of rotatable bonds is 3. The van der Waals surface area contributed by atoms with Gasteiger partial charge in [0.05, 0.1) is 15.6 Å². The lowest BCUT2D eigenvalue weighted by Gasteiger charge is -2.09. The minimum Gasteiger partial charge on any atom is -0.399 e. The highest BCUT2D eigenvalue weighted by Crippen LogP contribution is 2.35. The summed E-state index contributed by atoms with van der Waals surface area (Å²) in [4.78, 5) is -0.130. The van der Waals surface area contributed by atoms with E-state index in [9.17, 15) is 8.42 Å². The Bertz CT molecular complexity index is 810. The van der Waals surface area contributed by atoms with Gasteiger partial charge in [0.15, 0.2) is 0 Å². The van der Waals surface area contributed by atoms with E-state index in [2.05, 4.69) is 4.72 Å². The molecule has 0 saturated carbocycles. The van der Waals surface area contributed by atoms with Gasteiger partial charge >= 0.3 is 0 Å². The number of thiophene rings is 1. The van der Waals surface area contributed by atoms with Gasteiger partial charge < -0.3 is 5.73 Å². The summed E-state index contributed by atoms with van der Waals surface area (Å²) in [5.74, 6) is 0. The monoisotopic (exact) mass is 347 g/mol. The minimum absolute atomic E-state index is 0.0523. The van der Waals surface area contributed by atoms with Gasteiger partial charge in [-0.1, -0.05) is 23.2 Å². The standard InChI is InChI=1S/C11H7Cl2N3O2S2/c12-10-4-9(11(13)19-10)20(17,18)16-8-2-1-7(15)3-6(8)5-14/h1-4,16H,15H2. The Balaban J connectivity index is 2.44. The summed E-state index contributed by atoms with van der Waals surface area (Å²) in [6.45, 7) is 0. The number of benzene rings is 1. The van der Waals surface area contributed by atoms with Crippen LogP contribution in [0.15, 0.2) is 29.2 Å². The van der Waals surface area contributed by atoms with Gasteiger partial charge in [-0.15, -0.1) is 11.3 Å². The van der Waals surface area contributed by atoms with Crippen molar-refractivity contribution in [2.45, 2.75) is 4.90 Å². The second-order valence-electron chi connectivity index (χ2n) is 3.71. The zero-order valence-corrected chi connectivity index (χ0v) is 12.9. The molecule has 0 radical (unpaired) electrons. The fourth-order valence-electron chi connectivity index (χ4n) is 1.45. The van der Waals surface area contributed by atoms with Crippen LogP contribution in [0.3, 0.4) is 0 Å². The molecule has 0 spiro atoms. The first-order chi connectivity index (χ1) is 9.33. The molecule has 1 aromatic heterocycles. The van der Waals surface area contributed by atoms with Gasteiger partial charge in [-0.25, -0.2) is 8.42 Å². The predicted octanol–water partition coefficient (Wildman–Crippen LogP) is 3.31. The van der Waals surface area contributed by atoms with E-state index in [0.29, 0.717) is 5.69 Å². The Labute approximate surface area is 129 Å². The van der Waals surface area contributed by atoms with E-state index in [1.54, 1.807) is 0 Å². The molecule has 0 amide bonds. The van der Waals surface area contributed by atoms with E-state index >= 15 is 0 Å². The first-order valence-electron chi connectivity index (χ1n) is 5.11. The molecule has 3 N–H and O–H groups in total. The summed E-state index contributed by atoms with van der Waals surface area (Å²) in [6, 6.07) is 7.39. The molecule has 1 aromatic carbocycles. The maximum Gasteiger partial charge on any atom is 0.264 e. The fraction of sp³-hybridized carbons (Fsp3) is 0. The van der Waals surface area contributed by atoms with Crippen molar-refractivity contribution in [1.29, 1.82) is 5.26 Å². The van der Waals surface area contributed by atoms with E-state index in [0.717, 1.165) is 11.3 Å². The van der Waals surface area contributed by atoms with Crippen molar-refractivity contribution in [1.82, 2.24) is 0 Å². The third-order valence-corrected chi connectivity index (χ3v) is 5.44. The number of nitrogens with one attached hydrogen (secondary N) is 1. The Morgan fingerprint density at radius 2 is 2.00 bits per heavy atom. The van der Waals surface area contributed by atoms with Gasteiger partial charge in [0.2, 0.25) is 0 Å². The van der Waals surface area contributed by atoms with Crippen LogP contribution in [0.4, 0.5) is 11.4 Å². The Kier molecular flexibility index (Phi) is 4.11. The number of hydrogen-bond acceptors (Lipinski definition) is 5. The van der Waals surface area contributed by atoms with Crippen molar-refractivity contribution in [2.24, 2.45) is 0 Å². The van der Waals surface area contributed by atoms with Crippen LogP contribution >= 0.6 is 34.5 Å². The second kappa shape index (κ2) is 5.50. The van der Waals surface area contributed by atoms with Crippen molar-refractivity contribution in [3.05, 3.63) is 38.5 Å². The molecule has 9 heteroatoms. The van der Waals surface area contributed by atoms with Crippen LogP contribution in [-0.4, -0.2) is 8.42 Å². The summed E-state index contributed by atoms with van der Waals surface area (Å²) in [5.41, 5.74) is 6.14. The molecule has 2 rings (SSSR count). The maximum absolute atomic E-state index is 12.2. The number of hydrogen-bond donors (Lipinski definition) is 2. The molecule has 0 aliphatic carbocycles. The molecule has 0 fully saturated rings. The van der Waals surface area contributed by atoms with Gasteiger partial charge in [-0.2, -0.15) is 5.26 Å². The molecule has 0 unspecified atom stereocenters. The Morgan fingerprint density at radius 3 is 2.55 bits per heavy atom. The van der Waals surface area contributed by atoms with Crippen molar-refractivity contribution < 1.29 is 8.42 Å². The predicted molar refractivity (Wildman–Crippen MR) is 80.7 cm³/mol. The van der Waals surface area contributed by atoms with E-state index < -0.39 is 10.0 Å². The molecule has 0 atom stereocenters. The summed E-state index contributed by atoms with van der Waals surface area (Å²) in [6.07, 6.45) is 0. The number of anilines is 2. The molecule has 5 nitrogen and oxygen atoms in total. The third-order valence-electron chi connectivity index (χ3n) is 2.32. The molecule has 104 valence electrons. The molecule has 0 saturated heterocycles. The van der Waals surface area contributed by atoms with Gasteiger partial charge in [-0.05, 0) is 24.3 Å². The first kappa shape index (κ1) is 14.9. The maximum atomic E-state index is 12.2. The van der Waals surface area contributed by atoms with Gasteiger partial charge in [0.1, 0.15) is 15.3 Å². The molecular weight excluding hydrogens is 341 g/mol. The van der Waals surface area contributed by atoms with E-state index in [1.165, 1.54) is 24.3 Å². The molecule has 0 bridgehead atoms. The first-order valence-corrected chi connectivity index (χ1v) is 8.16. The molecule has 20 heavy (non-hydrogen) atoms. The summed E-state index contributed by atoms with van der Waals surface area (Å²) in [5, 5.41) is 8.98. The number of halogens is 2. The number of nitrogen functional groups attached to an aromatic ring is 1. The van der Waals surface area contributed by atoms with Gasteiger partial charge in [0.25, 0.3) is 10.0 Å². The fourth-order valence-corrected chi connectivity index (χ4v) is 4.68. The Hall–Kier alpha value is -1.46. The average Bonchev–Trinajstić information content (AvgIpc) is 2.71. The average molecular weight is 348 g/mol. The van der Waals surface area contributed by atoms with Crippen LogP contribution < -0.4 is 10.5 Å². The van der Waals surface area contributed by atoms with Crippen molar-refractivity contribution in [3.63, 3.8) is 0 Å². The minimum atomic E-state index is -3.92. The SMILES string of the molecule is N#Cc1cc(N)ccc1NS(=O)(=O)c1cc(Cl)sc1Cl. The summed E-state index contributed by atoms with van der Waals surface area (Å²) in [7, 11) is -3.92. The highest BCUT2D eigenvalue weighted by molar-refractivity contribution is 7.93. The zero-order valence-electron chi connectivity index (χ0n) is 9.72. The van der Waals surface area contributed by atoms with Crippen molar-refractivity contribution in [3.8, 4) is 6.07 Å². The van der Waals surface area contributed by atoms with Crippen molar-refractivity contribution in [2.75, 3.05) is 10.5 Å². The van der Waals surface area contributed by atoms with Crippen LogP contribution in [0.2, 0.25) is 8.67 Å². The highest BCUT2D eigenvalue weighted by Gasteiger charge is 2.22. The quantitative estimate of drug-likeness (QED) is 0.832. The zero-order chi connectivity index (χ0) is 14.9. The van der Waals surface area contributed by atoms with Crippen LogP contribution in [0.5, 0.6) is 0 Å². The van der Waals surface area contributed by atoms with Gasteiger partial charge in [0, 0.05) is 5.69 Å². The number of sulfonamides is 1.